The Morgan fingerprint density at radius 1 is 1.11 bits per heavy atom. The number of nitrogens with zero attached hydrogens (tertiary/aromatic N) is 2. The normalized spacial score (nSPS) is 28.2. The second kappa shape index (κ2) is 4.97. The lowest BCUT2D eigenvalue weighted by molar-refractivity contribution is 0.103. The topological polar surface area (TPSA) is 74.2 Å². The SMILES string of the molecule is NC1(c2nc(C3CCCO3)no2)CCCCCC1. The Bertz CT molecular complexity index is 391. The van der Waals surface area contributed by atoms with Crippen LogP contribution in [0.25, 0.3) is 0 Å². The van der Waals surface area contributed by atoms with Crippen molar-refractivity contribution < 1.29 is 9.26 Å². The second-order valence-electron chi connectivity index (χ2n) is 5.53. The molecule has 1 aromatic heterocycles. The molecule has 1 saturated heterocycles. The van der Waals surface area contributed by atoms with E-state index >= 15 is 0 Å². The van der Waals surface area contributed by atoms with E-state index in [0.29, 0.717) is 11.7 Å². The van der Waals surface area contributed by atoms with Gasteiger partial charge in [0.15, 0.2) is 0 Å². The third-order valence-electron chi connectivity index (χ3n) is 4.08. The molecule has 2 aliphatic rings. The maximum absolute atomic E-state index is 6.46. The third kappa shape index (κ3) is 2.29. The van der Waals surface area contributed by atoms with E-state index in [-0.39, 0.29) is 6.10 Å². The van der Waals surface area contributed by atoms with Crippen molar-refractivity contribution in [3.05, 3.63) is 11.7 Å². The molecule has 1 aromatic rings. The van der Waals surface area contributed by atoms with Gasteiger partial charge in [0.1, 0.15) is 6.10 Å². The van der Waals surface area contributed by atoms with Crippen LogP contribution in [0.1, 0.15) is 69.2 Å². The van der Waals surface area contributed by atoms with Crippen LogP contribution in [0.3, 0.4) is 0 Å². The Labute approximate surface area is 107 Å². The van der Waals surface area contributed by atoms with Gasteiger partial charge in [0.05, 0.1) is 5.54 Å². The molecule has 1 saturated carbocycles. The van der Waals surface area contributed by atoms with Crippen molar-refractivity contribution in [3.63, 3.8) is 0 Å². The highest BCUT2D eigenvalue weighted by Crippen LogP contribution is 2.34. The molecule has 1 unspecified atom stereocenters. The summed E-state index contributed by atoms with van der Waals surface area (Å²) in [6, 6.07) is 0. The summed E-state index contributed by atoms with van der Waals surface area (Å²) in [5, 5.41) is 4.06. The maximum atomic E-state index is 6.46. The highest BCUT2D eigenvalue weighted by Gasteiger charge is 2.35. The van der Waals surface area contributed by atoms with E-state index in [9.17, 15) is 0 Å². The molecule has 0 spiro atoms. The fraction of sp³-hybridized carbons (Fsp3) is 0.846. The van der Waals surface area contributed by atoms with Gasteiger partial charge in [-0.2, -0.15) is 4.98 Å². The molecule has 0 aromatic carbocycles. The van der Waals surface area contributed by atoms with Crippen LogP contribution in [0.5, 0.6) is 0 Å². The van der Waals surface area contributed by atoms with Crippen LogP contribution in [-0.4, -0.2) is 16.7 Å². The summed E-state index contributed by atoms with van der Waals surface area (Å²) in [6.07, 6.45) is 8.76. The monoisotopic (exact) mass is 251 g/mol. The number of rotatable bonds is 2. The summed E-state index contributed by atoms with van der Waals surface area (Å²) in [5.41, 5.74) is 6.04. The summed E-state index contributed by atoms with van der Waals surface area (Å²) in [5.74, 6) is 1.28. The largest absolute Gasteiger partial charge is 0.370 e. The third-order valence-corrected chi connectivity index (χ3v) is 4.08. The summed E-state index contributed by atoms with van der Waals surface area (Å²) in [7, 11) is 0. The van der Waals surface area contributed by atoms with Crippen molar-refractivity contribution in [2.45, 2.75) is 63.0 Å². The number of hydrogen-bond acceptors (Lipinski definition) is 5. The van der Waals surface area contributed by atoms with Gasteiger partial charge in [-0.05, 0) is 25.7 Å². The summed E-state index contributed by atoms with van der Waals surface area (Å²) < 4.78 is 11.0. The first-order valence-electron chi connectivity index (χ1n) is 7.02. The molecular formula is C13H21N3O2. The fourth-order valence-corrected chi connectivity index (χ4v) is 2.92. The quantitative estimate of drug-likeness (QED) is 0.817. The highest BCUT2D eigenvalue weighted by molar-refractivity contribution is 5.04. The molecule has 1 aliphatic carbocycles. The maximum Gasteiger partial charge on any atom is 0.246 e. The molecule has 0 radical (unpaired) electrons. The Kier molecular flexibility index (Phi) is 3.35. The van der Waals surface area contributed by atoms with Crippen LogP contribution in [0.15, 0.2) is 4.52 Å². The summed E-state index contributed by atoms with van der Waals surface area (Å²) >= 11 is 0. The minimum Gasteiger partial charge on any atom is -0.370 e. The predicted molar refractivity (Wildman–Crippen MR) is 65.8 cm³/mol. The zero-order chi connectivity index (χ0) is 12.4. The first kappa shape index (κ1) is 12.1. The van der Waals surface area contributed by atoms with Crippen molar-refractivity contribution in [1.82, 2.24) is 10.1 Å². The number of aromatic nitrogens is 2. The van der Waals surface area contributed by atoms with Crippen molar-refractivity contribution in [3.8, 4) is 0 Å². The molecule has 1 atom stereocenters. The Morgan fingerprint density at radius 2 is 1.89 bits per heavy atom. The summed E-state index contributed by atoms with van der Waals surface area (Å²) in [6.45, 7) is 0.794. The van der Waals surface area contributed by atoms with E-state index in [0.717, 1.165) is 45.1 Å². The lowest BCUT2D eigenvalue weighted by Crippen LogP contribution is -2.36. The van der Waals surface area contributed by atoms with Crippen molar-refractivity contribution >= 4 is 0 Å². The van der Waals surface area contributed by atoms with Gasteiger partial charge in [-0.15, -0.1) is 0 Å². The zero-order valence-corrected chi connectivity index (χ0v) is 10.7. The van der Waals surface area contributed by atoms with Crippen LogP contribution < -0.4 is 5.73 Å². The summed E-state index contributed by atoms with van der Waals surface area (Å²) in [4.78, 5) is 4.50. The molecule has 18 heavy (non-hydrogen) atoms. The van der Waals surface area contributed by atoms with Gasteiger partial charge in [-0.25, -0.2) is 0 Å². The second-order valence-corrected chi connectivity index (χ2v) is 5.53. The smallest absolute Gasteiger partial charge is 0.246 e. The van der Waals surface area contributed by atoms with E-state index in [1.165, 1.54) is 12.8 Å². The average Bonchev–Trinajstić information content (AvgIpc) is 3.00. The lowest BCUT2D eigenvalue weighted by Gasteiger charge is -2.22. The van der Waals surface area contributed by atoms with E-state index < -0.39 is 5.54 Å². The number of hydrogen-bond donors (Lipinski definition) is 1. The van der Waals surface area contributed by atoms with Crippen LogP contribution in [0.2, 0.25) is 0 Å². The van der Waals surface area contributed by atoms with E-state index in [1.807, 2.05) is 0 Å². The van der Waals surface area contributed by atoms with E-state index in [2.05, 4.69) is 10.1 Å². The Hall–Kier alpha value is -0.940. The first-order chi connectivity index (χ1) is 8.78. The molecule has 5 nitrogen and oxygen atoms in total. The van der Waals surface area contributed by atoms with Gasteiger partial charge in [-0.3, -0.25) is 0 Å². The minimum absolute atomic E-state index is 0.0110. The van der Waals surface area contributed by atoms with E-state index in [4.69, 9.17) is 15.0 Å². The molecule has 100 valence electrons. The van der Waals surface area contributed by atoms with Gasteiger partial charge in [0, 0.05) is 6.61 Å². The molecule has 1 aliphatic heterocycles. The minimum atomic E-state index is -0.416. The first-order valence-corrected chi connectivity index (χ1v) is 7.02. The molecule has 5 heteroatoms. The molecule has 2 N–H and O–H groups in total. The average molecular weight is 251 g/mol. The van der Waals surface area contributed by atoms with Gasteiger partial charge >= 0.3 is 0 Å². The zero-order valence-electron chi connectivity index (χ0n) is 10.7. The fourth-order valence-electron chi connectivity index (χ4n) is 2.92. The molecule has 3 rings (SSSR count). The van der Waals surface area contributed by atoms with Crippen LogP contribution >= 0.6 is 0 Å². The Morgan fingerprint density at radius 3 is 2.56 bits per heavy atom. The van der Waals surface area contributed by atoms with Gasteiger partial charge in [0.25, 0.3) is 0 Å². The molecular weight excluding hydrogens is 230 g/mol. The van der Waals surface area contributed by atoms with Gasteiger partial charge in [-0.1, -0.05) is 30.8 Å². The highest BCUT2D eigenvalue weighted by atomic mass is 16.5. The van der Waals surface area contributed by atoms with E-state index in [1.54, 1.807) is 0 Å². The number of ether oxygens (including phenoxy) is 1. The molecule has 2 fully saturated rings. The molecule has 0 bridgehead atoms. The Balaban J connectivity index is 1.78. The van der Waals surface area contributed by atoms with Gasteiger partial charge in [0.2, 0.25) is 11.7 Å². The van der Waals surface area contributed by atoms with Crippen LogP contribution in [-0.2, 0) is 10.3 Å². The van der Waals surface area contributed by atoms with Gasteiger partial charge < -0.3 is 15.0 Å². The van der Waals surface area contributed by atoms with Crippen LogP contribution in [0, 0.1) is 0 Å². The number of nitrogens with two attached hydrogens (primary N) is 1. The lowest BCUT2D eigenvalue weighted by atomic mass is 9.91. The predicted octanol–water partition coefficient (Wildman–Crippen LogP) is 2.43. The molecule has 2 heterocycles. The van der Waals surface area contributed by atoms with Crippen molar-refractivity contribution in [2.75, 3.05) is 6.61 Å². The van der Waals surface area contributed by atoms with Crippen LogP contribution in [0.4, 0.5) is 0 Å². The molecule has 0 amide bonds. The van der Waals surface area contributed by atoms with Crippen molar-refractivity contribution in [2.24, 2.45) is 5.73 Å². The van der Waals surface area contributed by atoms with Crippen molar-refractivity contribution in [1.29, 1.82) is 0 Å². The standard InChI is InChI=1S/C13H21N3O2/c14-13(7-3-1-2-4-8-13)12-15-11(16-18-12)10-6-5-9-17-10/h10H,1-9,14H2.